The van der Waals surface area contributed by atoms with Gasteiger partial charge in [-0.2, -0.15) is 9.61 Å². The number of nitrogens with one attached hydrogen (secondary N) is 4. The minimum absolute atomic E-state index is 0.140. The van der Waals surface area contributed by atoms with Crippen LogP contribution in [0.5, 0.6) is 5.88 Å². The van der Waals surface area contributed by atoms with Gasteiger partial charge in [-0.15, -0.1) is 0 Å². The number of rotatable bonds is 10. The SMILES string of the molecule is CCN(CC)CCNC(=O)c1ccc(Nc2cc(=NC3CC3)n3nc/c(=C/c4[nH]c(=O)[nH]c4O)c3n2)c(F)c1. The molecule has 1 aromatic carbocycles. The maximum Gasteiger partial charge on any atom is 0.326 e. The highest BCUT2D eigenvalue weighted by molar-refractivity contribution is 5.94. The van der Waals surface area contributed by atoms with Crippen LogP contribution in [0.3, 0.4) is 0 Å². The highest BCUT2D eigenvalue weighted by Gasteiger charge is 2.20. The van der Waals surface area contributed by atoms with Crippen molar-refractivity contribution < 1.29 is 14.3 Å². The quantitative estimate of drug-likeness (QED) is 0.203. The minimum atomic E-state index is -0.608. The van der Waals surface area contributed by atoms with Crippen LogP contribution < -0.4 is 27.0 Å². The van der Waals surface area contributed by atoms with Crippen molar-refractivity contribution in [2.45, 2.75) is 32.7 Å². The molecule has 0 radical (unpaired) electrons. The van der Waals surface area contributed by atoms with E-state index in [9.17, 15) is 14.7 Å². The van der Waals surface area contributed by atoms with Crippen molar-refractivity contribution in [3.8, 4) is 5.88 Å². The number of hydrogen-bond donors (Lipinski definition) is 5. The zero-order valence-corrected chi connectivity index (χ0v) is 21.7. The Morgan fingerprint density at radius 1 is 1.28 bits per heavy atom. The molecular formula is C26H30FN9O3. The number of hydrogen-bond acceptors (Lipinski definition) is 8. The van der Waals surface area contributed by atoms with E-state index in [-0.39, 0.29) is 34.8 Å². The van der Waals surface area contributed by atoms with Gasteiger partial charge in [-0.25, -0.2) is 14.2 Å². The summed E-state index contributed by atoms with van der Waals surface area (Å²) in [6.07, 6.45) is 5.01. The second-order valence-electron chi connectivity index (χ2n) is 9.28. The normalized spacial score (nSPS) is 14.5. The first-order valence-corrected chi connectivity index (χ1v) is 12.9. The molecule has 3 aromatic heterocycles. The molecule has 39 heavy (non-hydrogen) atoms. The van der Waals surface area contributed by atoms with E-state index in [1.165, 1.54) is 24.4 Å². The van der Waals surface area contributed by atoms with Crippen molar-refractivity contribution in [2.24, 2.45) is 4.99 Å². The molecule has 0 bridgehead atoms. The summed E-state index contributed by atoms with van der Waals surface area (Å²) in [5.41, 5.74) is 0.908. The van der Waals surface area contributed by atoms with Gasteiger partial charge in [0, 0.05) is 29.9 Å². The number of carbonyl (C=O) groups is 1. The lowest BCUT2D eigenvalue weighted by atomic mass is 10.2. The number of aromatic hydroxyl groups is 1. The van der Waals surface area contributed by atoms with Gasteiger partial charge in [-0.3, -0.25) is 14.8 Å². The Morgan fingerprint density at radius 3 is 2.74 bits per heavy atom. The molecule has 204 valence electrons. The maximum atomic E-state index is 15.1. The fourth-order valence-corrected chi connectivity index (χ4v) is 4.13. The average Bonchev–Trinajstić information content (AvgIpc) is 3.55. The molecule has 1 aliphatic carbocycles. The molecule has 0 unspecified atom stereocenters. The molecule has 5 rings (SSSR count). The smallest absolute Gasteiger partial charge is 0.326 e. The van der Waals surface area contributed by atoms with Crippen molar-refractivity contribution in [2.75, 3.05) is 31.5 Å². The molecule has 3 heterocycles. The number of imidazole rings is 1. The van der Waals surface area contributed by atoms with Crippen LogP contribution in [0.4, 0.5) is 15.9 Å². The Balaban J connectivity index is 1.42. The molecule has 0 aliphatic heterocycles. The van der Waals surface area contributed by atoms with Gasteiger partial charge in [0.1, 0.15) is 17.3 Å². The summed E-state index contributed by atoms with van der Waals surface area (Å²) >= 11 is 0. The van der Waals surface area contributed by atoms with Crippen LogP contribution in [-0.4, -0.2) is 72.7 Å². The van der Waals surface area contributed by atoms with E-state index in [0.717, 1.165) is 32.5 Å². The van der Waals surface area contributed by atoms with Crippen LogP contribution in [0.2, 0.25) is 0 Å². The molecule has 1 aliphatic rings. The first-order chi connectivity index (χ1) is 18.8. The Morgan fingerprint density at radius 2 is 2.08 bits per heavy atom. The van der Waals surface area contributed by atoms with Crippen molar-refractivity contribution in [3.05, 3.63) is 68.7 Å². The second-order valence-corrected chi connectivity index (χ2v) is 9.28. The number of H-pyrrole nitrogens is 2. The number of benzene rings is 1. The standard InChI is InChI=1S/C26H30FN9O3/c1-3-35(4-2)10-9-28-24(37)15-5-8-19(18(27)11-15)31-21-13-22(30-17-6-7-17)36-23(33-21)16(14-29-36)12-20-25(38)34-26(39)32-20/h5,8,11-14,17,31,38H,3-4,6-7,9-10H2,1-2H3,(H,28,37)(H2,32,34,39)/b16-12-,30-22?. The van der Waals surface area contributed by atoms with Crippen LogP contribution in [0.1, 0.15) is 42.7 Å². The van der Waals surface area contributed by atoms with E-state index in [1.54, 1.807) is 16.6 Å². The predicted octanol–water partition coefficient (Wildman–Crippen LogP) is 1.02. The Hall–Kier alpha value is -4.52. The number of anilines is 2. The van der Waals surface area contributed by atoms with Gasteiger partial charge in [0.15, 0.2) is 11.1 Å². The van der Waals surface area contributed by atoms with Crippen LogP contribution >= 0.6 is 0 Å². The lowest BCUT2D eigenvalue weighted by Crippen LogP contribution is -2.34. The first kappa shape index (κ1) is 26.1. The number of carbonyl (C=O) groups excluding carboxylic acids is 1. The predicted molar refractivity (Wildman–Crippen MR) is 143 cm³/mol. The molecule has 13 heteroatoms. The lowest BCUT2D eigenvalue weighted by molar-refractivity contribution is 0.0948. The largest absolute Gasteiger partial charge is 0.493 e. The molecule has 0 atom stereocenters. The van der Waals surface area contributed by atoms with Crippen LogP contribution in [-0.2, 0) is 0 Å². The van der Waals surface area contributed by atoms with E-state index >= 15 is 4.39 Å². The Labute approximate surface area is 222 Å². The summed E-state index contributed by atoms with van der Waals surface area (Å²) in [5.74, 6) is -0.943. The minimum Gasteiger partial charge on any atom is -0.493 e. The van der Waals surface area contributed by atoms with Gasteiger partial charge in [-0.1, -0.05) is 13.8 Å². The summed E-state index contributed by atoms with van der Waals surface area (Å²) in [6.45, 7) is 7.09. The molecule has 1 amide bonds. The Bertz CT molecular complexity index is 1680. The molecule has 5 N–H and O–H groups in total. The third-order valence-corrected chi connectivity index (χ3v) is 6.48. The highest BCUT2D eigenvalue weighted by atomic mass is 19.1. The summed E-state index contributed by atoms with van der Waals surface area (Å²) < 4.78 is 16.6. The van der Waals surface area contributed by atoms with Gasteiger partial charge < -0.3 is 25.6 Å². The number of nitrogens with zero attached hydrogens (tertiary/aromatic N) is 5. The van der Waals surface area contributed by atoms with E-state index < -0.39 is 11.5 Å². The molecule has 1 fully saturated rings. The highest BCUT2D eigenvalue weighted by Crippen LogP contribution is 2.23. The third-order valence-electron chi connectivity index (χ3n) is 6.48. The molecule has 0 spiro atoms. The number of aromatic amines is 2. The topological polar surface area (TPSA) is 156 Å². The van der Waals surface area contributed by atoms with Gasteiger partial charge in [0.05, 0.1) is 17.9 Å². The summed E-state index contributed by atoms with van der Waals surface area (Å²) in [4.78, 5) is 40.3. The Kier molecular flexibility index (Phi) is 7.41. The summed E-state index contributed by atoms with van der Waals surface area (Å²) in [7, 11) is 0. The monoisotopic (exact) mass is 535 g/mol. The van der Waals surface area contributed by atoms with Crippen LogP contribution in [0, 0.1) is 5.82 Å². The van der Waals surface area contributed by atoms with Crippen molar-refractivity contribution >= 4 is 29.1 Å². The van der Waals surface area contributed by atoms with Crippen LogP contribution in [0.15, 0.2) is 40.2 Å². The van der Waals surface area contributed by atoms with E-state index in [0.29, 0.717) is 28.7 Å². The lowest BCUT2D eigenvalue weighted by Gasteiger charge is -2.18. The van der Waals surface area contributed by atoms with Gasteiger partial charge in [0.25, 0.3) is 5.91 Å². The maximum absolute atomic E-state index is 15.1. The van der Waals surface area contributed by atoms with E-state index in [1.807, 2.05) is 0 Å². The number of amides is 1. The number of halogens is 1. The summed E-state index contributed by atoms with van der Waals surface area (Å²) in [5, 5.41) is 20.6. The summed E-state index contributed by atoms with van der Waals surface area (Å²) in [6, 6.07) is 6.08. The number of aromatic nitrogens is 5. The number of likely N-dealkylation sites (N-methyl/N-ethyl adjacent to an activating group) is 1. The third kappa shape index (κ3) is 5.98. The van der Waals surface area contributed by atoms with Gasteiger partial charge in [-0.05, 0) is 50.2 Å². The fourth-order valence-electron chi connectivity index (χ4n) is 4.13. The molecular weight excluding hydrogens is 505 g/mol. The molecule has 12 nitrogen and oxygen atoms in total. The second kappa shape index (κ2) is 11.1. The van der Waals surface area contributed by atoms with Crippen molar-refractivity contribution in [1.29, 1.82) is 0 Å². The molecule has 0 saturated heterocycles. The number of fused-ring (bicyclic) bond motifs is 1. The average molecular weight is 536 g/mol. The molecule has 4 aromatic rings. The molecule has 1 saturated carbocycles. The van der Waals surface area contributed by atoms with Crippen LogP contribution in [0.25, 0.3) is 11.7 Å². The van der Waals surface area contributed by atoms with Gasteiger partial charge >= 0.3 is 5.69 Å². The first-order valence-electron chi connectivity index (χ1n) is 12.9. The van der Waals surface area contributed by atoms with E-state index in [2.05, 4.69) is 49.4 Å². The zero-order chi connectivity index (χ0) is 27.5. The van der Waals surface area contributed by atoms with E-state index in [4.69, 9.17) is 4.99 Å². The zero-order valence-electron chi connectivity index (χ0n) is 21.7. The fraction of sp³-hybridized carbons (Fsp3) is 0.346. The van der Waals surface area contributed by atoms with Crippen molar-refractivity contribution in [1.82, 2.24) is 34.8 Å². The van der Waals surface area contributed by atoms with Crippen molar-refractivity contribution in [3.63, 3.8) is 0 Å². The van der Waals surface area contributed by atoms with Gasteiger partial charge in [0.2, 0.25) is 5.88 Å².